The number of amides is 2. The van der Waals surface area contributed by atoms with Crippen LogP contribution in [0.25, 0.3) is 0 Å². The first-order valence-electron chi connectivity index (χ1n) is 23.1. The molecule has 2 N–H and O–H groups in total. The molecule has 3 aliphatic heterocycles. The monoisotopic (exact) mass is 888 g/mol. The summed E-state index contributed by atoms with van der Waals surface area (Å²) < 4.78 is 35.7. The van der Waals surface area contributed by atoms with E-state index in [-0.39, 0.29) is 104 Å². The summed E-state index contributed by atoms with van der Waals surface area (Å²) in [4.78, 5) is 83.6. The van der Waals surface area contributed by atoms with Gasteiger partial charge < -0.3 is 39.1 Å². The highest BCUT2D eigenvalue weighted by Crippen LogP contribution is 2.51. The molecule has 0 spiro atoms. The summed E-state index contributed by atoms with van der Waals surface area (Å²) >= 11 is 0. The maximum Gasteiger partial charge on any atom is 0.407 e. The molecule has 354 valence electrons. The molecule has 6 aliphatic rings. The first-order valence-corrected chi connectivity index (χ1v) is 23.1. The van der Waals surface area contributed by atoms with E-state index >= 15 is 0 Å². The molecule has 17 nitrogen and oxygen atoms in total. The van der Waals surface area contributed by atoms with Gasteiger partial charge in [0.25, 0.3) is 0 Å². The summed E-state index contributed by atoms with van der Waals surface area (Å²) in [7, 11) is 0. The fraction of sp³-hybridized carbons (Fsp3) is 0.870. The largest absolute Gasteiger partial charge is 0.463 e. The van der Waals surface area contributed by atoms with Gasteiger partial charge in [0.1, 0.15) is 38.1 Å². The number of nitrogens with one attached hydrogen (secondary N) is 2. The van der Waals surface area contributed by atoms with E-state index in [4.69, 9.17) is 28.4 Å². The molecule has 0 radical (unpaired) electrons. The molecule has 1 aromatic heterocycles. The molecule has 3 saturated heterocycles. The van der Waals surface area contributed by atoms with Gasteiger partial charge in [-0.3, -0.25) is 4.79 Å². The number of aromatic nitrogens is 3. The Kier molecular flexibility index (Phi) is 13.2. The van der Waals surface area contributed by atoms with Crippen LogP contribution >= 0.6 is 0 Å². The summed E-state index contributed by atoms with van der Waals surface area (Å²) in [5.74, 6) is -0.324. The number of ether oxygens (including phenoxy) is 6. The fourth-order valence-corrected chi connectivity index (χ4v) is 12.8. The van der Waals surface area contributed by atoms with Gasteiger partial charge in [-0.25, -0.2) is 37.7 Å². The SMILES string of the molecule is CC1(C)CC(CC(=O)OCC2CO2)CC(C)(Cn2c(=O)n(CC3(C)CC(NC(=O)OCC4CO4)CC(C)(C)C3)c(=O)n(CC3(C)CC(NC(=O)OCC4CO4)CC(C)(C)C3)c2=O)C1. The van der Waals surface area contributed by atoms with Crippen LogP contribution in [0.5, 0.6) is 0 Å². The molecule has 1 aromatic rings. The fourth-order valence-electron chi connectivity index (χ4n) is 12.8. The van der Waals surface area contributed by atoms with E-state index in [9.17, 15) is 28.8 Å². The molecule has 9 atom stereocenters. The number of alkyl carbamates (subject to hydrolysis) is 2. The zero-order chi connectivity index (χ0) is 45.8. The number of carbonyl (C=O) groups is 3. The van der Waals surface area contributed by atoms with Crippen LogP contribution in [-0.4, -0.2) is 102 Å². The summed E-state index contributed by atoms with van der Waals surface area (Å²) in [6.07, 6.45) is 4.69. The molecule has 6 fully saturated rings. The Balaban J connectivity index is 1.20. The van der Waals surface area contributed by atoms with Gasteiger partial charge >= 0.3 is 35.2 Å². The third kappa shape index (κ3) is 13.0. The van der Waals surface area contributed by atoms with Crippen LogP contribution in [0.2, 0.25) is 0 Å². The number of hydrogen-bond acceptors (Lipinski definition) is 12. The number of rotatable bonds is 16. The average Bonchev–Trinajstić information content (AvgIpc) is 3.98. The van der Waals surface area contributed by atoms with Gasteiger partial charge in [-0.2, -0.15) is 0 Å². The van der Waals surface area contributed by atoms with Crippen molar-refractivity contribution in [2.45, 2.75) is 177 Å². The third-order valence-corrected chi connectivity index (χ3v) is 14.0. The van der Waals surface area contributed by atoms with Crippen molar-refractivity contribution in [1.29, 1.82) is 0 Å². The molecule has 7 rings (SSSR count). The van der Waals surface area contributed by atoms with Crippen LogP contribution < -0.4 is 27.7 Å². The zero-order valence-electron chi connectivity index (χ0n) is 39.1. The van der Waals surface area contributed by atoms with Gasteiger partial charge in [-0.1, -0.05) is 62.3 Å². The van der Waals surface area contributed by atoms with Crippen LogP contribution in [0.15, 0.2) is 14.4 Å². The number of epoxide rings is 3. The molecule has 3 saturated carbocycles. The average molecular weight is 888 g/mol. The second-order valence-corrected chi connectivity index (χ2v) is 23.8. The lowest BCUT2D eigenvalue weighted by Crippen LogP contribution is -2.60. The minimum atomic E-state index is -0.674. The van der Waals surface area contributed by atoms with E-state index in [2.05, 4.69) is 59.1 Å². The first kappa shape index (κ1) is 47.3. The number of esters is 1. The highest BCUT2D eigenvalue weighted by atomic mass is 16.6. The van der Waals surface area contributed by atoms with Gasteiger partial charge in [0.05, 0.1) is 19.8 Å². The molecule has 63 heavy (non-hydrogen) atoms. The smallest absolute Gasteiger partial charge is 0.407 e. The maximum absolute atomic E-state index is 15.0. The topological polar surface area (TPSA) is 207 Å². The normalized spacial score (nSPS) is 34.9. The van der Waals surface area contributed by atoms with E-state index in [1.54, 1.807) is 0 Å². The van der Waals surface area contributed by atoms with Crippen molar-refractivity contribution >= 4 is 18.2 Å². The quantitative estimate of drug-likeness (QED) is 0.131. The number of nitrogens with zero attached hydrogens (tertiary/aromatic N) is 3. The van der Waals surface area contributed by atoms with Gasteiger partial charge in [-0.15, -0.1) is 0 Å². The standard InChI is InChI=1S/C46H73N5O12/c1-41(2)11-29(10-35(52)61-20-32-17-58-32)12-44(7,23-41)26-49-38(55)50(27-45(8)15-30(13-42(3,4)24-45)47-36(53)62-21-33-18-59-33)40(57)51(39(49)56)28-46(9)16-31(14-43(5,6)25-46)48-37(54)63-22-34-19-60-34/h29-34H,10-28H2,1-9H3,(H,47,53)(H,48,54). The van der Waals surface area contributed by atoms with Crippen molar-refractivity contribution in [3.63, 3.8) is 0 Å². The van der Waals surface area contributed by atoms with Crippen molar-refractivity contribution in [3.05, 3.63) is 31.5 Å². The molecule has 0 bridgehead atoms. The van der Waals surface area contributed by atoms with Gasteiger partial charge in [-0.05, 0) is 96.2 Å². The molecule has 17 heteroatoms. The van der Waals surface area contributed by atoms with Crippen molar-refractivity contribution in [3.8, 4) is 0 Å². The minimum Gasteiger partial charge on any atom is -0.463 e. The Bertz CT molecular complexity index is 1800. The molecular weight excluding hydrogens is 815 g/mol. The highest BCUT2D eigenvalue weighted by Gasteiger charge is 2.47. The molecule has 3 aliphatic carbocycles. The summed E-state index contributed by atoms with van der Waals surface area (Å²) in [6.45, 7) is 21.4. The van der Waals surface area contributed by atoms with E-state index in [1.165, 1.54) is 13.7 Å². The van der Waals surface area contributed by atoms with Crippen molar-refractivity contribution in [1.82, 2.24) is 24.3 Å². The van der Waals surface area contributed by atoms with Crippen LogP contribution in [0.4, 0.5) is 9.59 Å². The molecule has 9 unspecified atom stereocenters. The third-order valence-electron chi connectivity index (χ3n) is 14.0. The van der Waals surface area contributed by atoms with Crippen LogP contribution in [0.1, 0.15) is 127 Å². The first-order chi connectivity index (χ1) is 29.3. The molecule has 2 amide bonds. The van der Waals surface area contributed by atoms with E-state index in [0.717, 1.165) is 6.42 Å². The van der Waals surface area contributed by atoms with Gasteiger partial charge in [0.15, 0.2) is 0 Å². The van der Waals surface area contributed by atoms with Gasteiger partial charge in [0, 0.05) is 38.1 Å². The molecule has 0 aromatic carbocycles. The van der Waals surface area contributed by atoms with E-state index in [0.29, 0.717) is 71.2 Å². The Morgan fingerprint density at radius 1 is 0.524 bits per heavy atom. The Morgan fingerprint density at radius 3 is 1.22 bits per heavy atom. The number of carbonyl (C=O) groups excluding carboxylic acids is 3. The van der Waals surface area contributed by atoms with E-state index in [1.807, 2.05) is 13.8 Å². The molecular formula is C46H73N5O12. The molecule has 4 heterocycles. The van der Waals surface area contributed by atoms with Gasteiger partial charge in [0.2, 0.25) is 0 Å². The maximum atomic E-state index is 15.0. The summed E-state index contributed by atoms with van der Waals surface area (Å²) in [5.41, 5.74) is -4.58. The lowest BCUT2D eigenvalue weighted by molar-refractivity contribution is -0.146. The summed E-state index contributed by atoms with van der Waals surface area (Å²) in [6, 6.07) is -0.564. The Hall–Kier alpha value is -3.70. The zero-order valence-corrected chi connectivity index (χ0v) is 39.1. The van der Waals surface area contributed by atoms with Crippen LogP contribution in [0, 0.1) is 38.4 Å². The van der Waals surface area contributed by atoms with Crippen molar-refractivity contribution in [2.75, 3.05) is 39.6 Å². The second-order valence-electron chi connectivity index (χ2n) is 23.8. The number of hydrogen-bond donors (Lipinski definition) is 2. The highest BCUT2D eigenvalue weighted by molar-refractivity contribution is 5.70. The van der Waals surface area contributed by atoms with E-state index < -0.39 is 45.5 Å². The minimum absolute atomic E-state index is 0.0296. The van der Waals surface area contributed by atoms with Crippen LogP contribution in [0.3, 0.4) is 0 Å². The summed E-state index contributed by atoms with van der Waals surface area (Å²) in [5, 5.41) is 6.07. The van der Waals surface area contributed by atoms with Crippen molar-refractivity contribution in [2.24, 2.45) is 38.4 Å². The predicted octanol–water partition coefficient (Wildman–Crippen LogP) is 4.76. The van der Waals surface area contributed by atoms with Crippen LogP contribution in [-0.2, 0) is 52.8 Å². The second kappa shape index (κ2) is 17.6. The lowest BCUT2D eigenvalue weighted by Gasteiger charge is -2.48. The predicted molar refractivity (Wildman–Crippen MR) is 231 cm³/mol. The Morgan fingerprint density at radius 2 is 0.857 bits per heavy atom. The Labute approximate surface area is 370 Å². The van der Waals surface area contributed by atoms with Crippen molar-refractivity contribution < 1.29 is 42.8 Å². The lowest BCUT2D eigenvalue weighted by atomic mass is 9.60.